The molecular weight excluding hydrogens is 389 g/mol. The summed E-state index contributed by atoms with van der Waals surface area (Å²) in [5.41, 5.74) is 0.330. The standard InChI is InChI=1S/C19H19BrFNO3/c20-15-2-1-3-17(12-15)25-13-18(23)22-19(8-10-24-11-9-19)14-4-6-16(21)7-5-14/h1-7,12H,8-11,13H2,(H,22,23). The molecule has 0 aromatic heterocycles. The first kappa shape index (κ1) is 17.9. The number of rotatable bonds is 5. The Hall–Kier alpha value is -1.92. The molecule has 25 heavy (non-hydrogen) atoms. The highest BCUT2D eigenvalue weighted by atomic mass is 79.9. The van der Waals surface area contributed by atoms with E-state index in [2.05, 4.69) is 21.2 Å². The van der Waals surface area contributed by atoms with E-state index < -0.39 is 5.54 Å². The van der Waals surface area contributed by atoms with Gasteiger partial charge in [-0.15, -0.1) is 0 Å². The fraction of sp³-hybridized carbons (Fsp3) is 0.316. The Balaban J connectivity index is 1.69. The number of halogens is 2. The normalized spacial score (nSPS) is 16.2. The summed E-state index contributed by atoms with van der Waals surface area (Å²) in [6.07, 6.45) is 1.28. The molecule has 0 atom stereocenters. The number of carbonyl (C=O) groups is 1. The van der Waals surface area contributed by atoms with Crippen molar-refractivity contribution in [2.24, 2.45) is 0 Å². The first-order valence-electron chi connectivity index (χ1n) is 8.11. The summed E-state index contributed by atoms with van der Waals surface area (Å²) in [6.45, 7) is 1.01. The lowest BCUT2D eigenvalue weighted by Crippen LogP contribution is -2.50. The Bertz CT molecular complexity index is 730. The molecule has 1 heterocycles. The third-order valence-corrected chi connectivity index (χ3v) is 4.78. The predicted molar refractivity (Wildman–Crippen MR) is 95.9 cm³/mol. The van der Waals surface area contributed by atoms with E-state index in [1.54, 1.807) is 24.3 Å². The van der Waals surface area contributed by atoms with Crippen molar-refractivity contribution in [2.45, 2.75) is 18.4 Å². The maximum absolute atomic E-state index is 13.2. The number of ether oxygens (including phenoxy) is 2. The van der Waals surface area contributed by atoms with Crippen molar-refractivity contribution < 1.29 is 18.7 Å². The van der Waals surface area contributed by atoms with Crippen LogP contribution in [0.15, 0.2) is 53.0 Å². The average molecular weight is 408 g/mol. The lowest BCUT2D eigenvalue weighted by atomic mass is 9.82. The molecule has 4 nitrogen and oxygen atoms in total. The van der Waals surface area contributed by atoms with Crippen molar-refractivity contribution in [1.82, 2.24) is 5.32 Å². The molecule has 0 spiro atoms. The van der Waals surface area contributed by atoms with Gasteiger partial charge in [0.05, 0.1) is 5.54 Å². The Morgan fingerprint density at radius 3 is 2.60 bits per heavy atom. The van der Waals surface area contributed by atoms with Crippen molar-refractivity contribution >= 4 is 21.8 Å². The summed E-state index contributed by atoms with van der Waals surface area (Å²) in [4.78, 5) is 12.5. The molecule has 2 aromatic rings. The second-order valence-electron chi connectivity index (χ2n) is 6.00. The Morgan fingerprint density at radius 2 is 1.92 bits per heavy atom. The van der Waals surface area contributed by atoms with Crippen molar-refractivity contribution in [3.8, 4) is 5.75 Å². The molecule has 3 rings (SSSR count). The van der Waals surface area contributed by atoms with Crippen LogP contribution in [0.4, 0.5) is 4.39 Å². The molecule has 0 saturated carbocycles. The highest BCUT2D eigenvalue weighted by molar-refractivity contribution is 9.10. The molecule has 1 aliphatic heterocycles. The molecule has 1 saturated heterocycles. The molecule has 1 aliphatic rings. The number of hydrogen-bond donors (Lipinski definition) is 1. The molecule has 1 N–H and O–H groups in total. The second-order valence-corrected chi connectivity index (χ2v) is 6.91. The highest BCUT2D eigenvalue weighted by Crippen LogP contribution is 2.32. The third kappa shape index (κ3) is 4.58. The van der Waals surface area contributed by atoms with E-state index in [0.717, 1.165) is 10.0 Å². The number of benzene rings is 2. The van der Waals surface area contributed by atoms with Crippen molar-refractivity contribution in [2.75, 3.05) is 19.8 Å². The quantitative estimate of drug-likeness (QED) is 0.819. The Kier molecular flexibility index (Phi) is 5.71. The molecule has 0 aliphatic carbocycles. The van der Waals surface area contributed by atoms with E-state index in [-0.39, 0.29) is 18.3 Å². The maximum atomic E-state index is 13.2. The van der Waals surface area contributed by atoms with Crippen LogP contribution in [0.5, 0.6) is 5.75 Å². The van der Waals surface area contributed by atoms with E-state index in [4.69, 9.17) is 9.47 Å². The fourth-order valence-corrected chi connectivity index (χ4v) is 3.36. The van der Waals surface area contributed by atoms with Gasteiger partial charge in [0.15, 0.2) is 6.61 Å². The molecule has 0 bridgehead atoms. The van der Waals surface area contributed by atoms with Crippen molar-refractivity contribution in [1.29, 1.82) is 0 Å². The van der Waals surface area contributed by atoms with E-state index in [9.17, 15) is 9.18 Å². The lowest BCUT2D eigenvalue weighted by molar-refractivity contribution is -0.126. The lowest BCUT2D eigenvalue weighted by Gasteiger charge is -2.38. The Labute approximate surface area is 154 Å². The number of carbonyl (C=O) groups excluding carboxylic acids is 1. The van der Waals surface area contributed by atoms with Gasteiger partial charge in [-0.1, -0.05) is 34.1 Å². The minimum absolute atomic E-state index is 0.0831. The van der Waals surface area contributed by atoms with Gasteiger partial charge in [0.25, 0.3) is 5.91 Å². The molecule has 0 unspecified atom stereocenters. The first-order valence-corrected chi connectivity index (χ1v) is 8.90. The van der Waals surface area contributed by atoms with Gasteiger partial charge in [0.1, 0.15) is 11.6 Å². The van der Waals surface area contributed by atoms with Crippen LogP contribution in [0.25, 0.3) is 0 Å². The van der Waals surface area contributed by atoms with Gasteiger partial charge in [0, 0.05) is 17.7 Å². The SMILES string of the molecule is O=C(COc1cccc(Br)c1)NC1(c2ccc(F)cc2)CCOCC1. The van der Waals surface area contributed by atoms with Crippen LogP contribution in [-0.2, 0) is 15.1 Å². The fourth-order valence-electron chi connectivity index (χ4n) is 2.98. The van der Waals surface area contributed by atoms with Crippen LogP contribution in [0.2, 0.25) is 0 Å². The monoisotopic (exact) mass is 407 g/mol. The van der Waals surface area contributed by atoms with Gasteiger partial charge in [-0.3, -0.25) is 4.79 Å². The summed E-state index contributed by atoms with van der Waals surface area (Å²) in [6, 6.07) is 13.6. The molecule has 1 fully saturated rings. The second kappa shape index (κ2) is 7.97. The van der Waals surface area contributed by atoms with E-state index in [0.29, 0.717) is 31.8 Å². The number of amides is 1. The van der Waals surface area contributed by atoms with Crippen LogP contribution in [0.1, 0.15) is 18.4 Å². The average Bonchev–Trinajstić information content (AvgIpc) is 2.61. The summed E-state index contributed by atoms with van der Waals surface area (Å²) >= 11 is 3.37. The largest absolute Gasteiger partial charge is 0.484 e. The molecule has 6 heteroatoms. The smallest absolute Gasteiger partial charge is 0.258 e. The summed E-state index contributed by atoms with van der Waals surface area (Å²) in [7, 11) is 0. The molecule has 1 amide bonds. The summed E-state index contributed by atoms with van der Waals surface area (Å²) in [5.74, 6) is 0.105. The Morgan fingerprint density at radius 1 is 1.20 bits per heavy atom. The van der Waals surface area contributed by atoms with Crippen molar-refractivity contribution in [3.05, 3.63) is 64.4 Å². The molecular formula is C19H19BrFNO3. The minimum atomic E-state index is -0.552. The highest BCUT2D eigenvalue weighted by Gasteiger charge is 2.36. The summed E-state index contributed by atoms with van der Waals surface area (Å²) in [5, 5.41) is 3.07. The van der Waals surface area contributed by atoms with Crippen LogP contribution < -0.4 is 10.1 Å². The van der Waals surface area contributed by atoms with Crippen LogP contribution >= 0.6 is 15.9 Å². The molecule has 132 valence electrons. The number of hydrogen-bond acceptors (Lipinski definition) is 3. The van der Waals surface area contributed by atoms with Crippen LogP contribution in [-0.4, -0.2) is 25.7 Å². The molecule has 0 radical (unpaired) electrons. The van der Waals surface area contributed by atoms with Gasteiger partial charge in [-0.2, -0.15) is 0 Å². The zero-order chi connectivity index (χ0) is 17.7. The zero-order valence-corrected chi connectivity index (χ0v) is 15.2. The van der Waals surface area contributed by atoms with Gasteiger partial charge in [0.2, 0.25) is 0 Å². The van der Waals surface area contributed by atoms with Crippen LogP contribution in [0.3, 0.4) is 0 Å². The van der Waals surface area contributed by atoms with Crippen LogP contribution in [0, 0.1) is 5.82 Å². The van der Waals surface area contributed by atoms with Gasteiger partial charge in [-0.05, 0) is 48.7 Å². The van der Waals surface area contributed by atoms with E-state index >= 15 is 0 Å². The summed E-state index contributed by atoms with van der Waals surface area (Å²) < 4.78 is 25.1. The maximum Gasteiger partial charge on any atom is 0.258 e. The zero-order valence-electron chi connectivity index (χ0n) is 13.6. The third-order valence-electron chi connectivity index (χ3n) is 4.29. The minimum Gasteiger partial charge on any atom is -0.484 e. The van der Waals surface area contributed by atoms with Gasteiger partial charge < -0.3 is 14.8 Å². The molecule has 2 aromatic carbocycles. The van der Waals surface area contributed by atoms with Crippen molar-refractivity contribution in [3.63, 3.8) is 0 Å². The van der Waals surface area contributed by atoms with Gasteiger partial charge >= 0.3 is 0 Å². The predicted octanol–water partition coefficient (Wildman–Crippen LogP) is 3.79. The van der Waals surface area contributed by atoms with E-state index in [1.165, 1.54) is 12.1 Å². The first-order chi connectivity index (χ1) is 12.1. The van der Waals surface area contributed by atoms with Gasteiger partial charge in [-0.25, -0.2) is 4.39 Å². The topological polar surface area (TPSA) is 47.6 Å². The van der Waals surface area contributed by atoms with E-state index in [1.807, 2.05) is 12.1 Å². The number of nitrogens with one attached hydrogen (secondary N) is 1.